The van der Waals surface area contributed by atoms with Gasteiger partial charge in [-0.1, -0.05) is 12.1 Å². The number of amides is 1. The average Bonchev–Trinajstić information content (AvgIpc) is 3.08. The number of nitro benzene ring substituents is 1. The summed E-state index contributed by atoms with van der Waals surface area (Å²) in [4.78, 5) is 24.0. The Balaban J connectivity index is 1.96. The summed E-state index contributed by atoms with van der Waals surface area (Å²) in [5.41, 5.74) is 0.411. The molecule has 0 spiro atoms. The molecule has 10 nitrogen and oxygen atoms in total. The molecule has 3 aromatic rings. The molecule has 1 heterocycles. The second-order valence-electron chi connectivity index (χ2n) is 5.51. The molecule has 0 aliphatic rings. The summed E-state index contributed by atoms with van der Waals surface area (Å²) in [6, 6.07) is 11.0. The van der Waals surface area contributed by atoms with E-state index in [2.05, 4.69) is 20.8 Å². The monoisotopic (exact) mass is 400 g/mol. The molecule has 0 atom stereocenters. The fourth-order valence-electron chi connectivity index (χ4n) is 2.34. The van der Waals surface area contributed by atoms with Crippen LogP contribution < -0.4 is 10.1 Å². The predicted octanol–water partition coefficient (Wildman–Crippen LogP) is 2.92. The van der Waals surface area contributed by atoms with Crippen LogP contribution in [0, 0.1) is 10.1 Å². The number of nitrogens with zero attached hydrogens (tertiary/aromatic N) is 5. The van der Waals surface area contributed by atoms with Crippen molar-refractivity contribution in [3.63, 3.8) is 0 Å². The quantitative estimate of drug-likeness (QED) is 0.474. The van der Waals surface area contributed by atoms with Crippen molar-refractivity contribution in [3.8, 4) is 5.75 Å². The molecule has 0 aliphatic heterocycles. The highest BCUT2D eigenvalue weighted by Crippen LogP contribution is 2.32. The van der Waals surface area contributed by atoms with Gasteiger partial charge in [0, 0.05) is 24.1 Å². The summed E-state index contributed by atoms with van der Waals surface area (Å²) in [5, 5.41) is 25.5. The maximum Gasteiger partial charge on any atom is 0.270 e. The molecule has 0 fully saturated rings. The van der Waals surface area contributed by atoms with Gasteiger partial charge in [0.15, 0.2) is 0 Å². The molecular formula is C17H16N6O4S. The number of benzene rings is 2. The Morgan fingerprint density at radius 2 is 2.11 bits per heavy atom. The molecule has 0 bridgehead atoms. The lowest BCUT2D eigenvalue weighted by atomic mass is 10.1. The molecule has 1 aromatic heterocycles. The van der Waals surface area contributed by atoms with E-state index in [4.69, 9.17) is 4.74 Å². The first kappa shape index (κ1) is 19.3. The van der Waals surface area contributed by atoms with Crippen molar-refractivity contribution in [2.45, 2.75) is 17.0 Å². The van der Waals surface area contributed by atoms with E-state index in [1.165, 1.54) is 22.9 Å². The Kier molecular flexibility index (Phi) is 5.84. The number of ether oxygens (including phenoxy) is 1. The van der Waals surface area contributed by atoms with E-state index in [1.54, 1.807) is 31.3 Å². The van der Waals surface area contributed by atoms with Crippen LogP contribution >= 0.6 is 11.8 Å². The normalized spacial score (nSPS) is 10.5. The van der Waals surface area contributed by atoms with Crippen LogP contribution in [0.4, 0.5) is 11.4 Å². The summed E-state index contributed by atoms with van der Waals surface area (Å²) >= 11 is 1.13. The van der Waals surface area contributed by atoms with Gasteiger partial charge in [0.1, 0.15) is 5.75 Å². The number of non-ortho nitro benzene ring substituents is 1. The van der Waals surface area contributed by atoms with Crippen LogP contribution in [0.15, 0.2) is 52.5 Å². The van der Waals surface area contributed by atoms with Crippen LogP contribution in [-0.2, 0) is 7.05 Å². The number of para-hydroxylation sites is 2. The van der Waals surface area contributed by atoms with Gasteiger partial charge in [0.25, 0.3) is 11.6 Å². The molecule has 0 saturated carbocycles. The van der Waals surface area contributed by atoms with Gasteiger partial charge in [-0.3, -0.25) is 14.9 Å². The van der Waals surface area contributed by atoms with Crippen LogP contribution in [0.5, 0.6) is 5.75 Å². The summed E-state index contributed by atoms with van der Waals surface area (Å²) in [7, 11) is 1.66. The first-order chi connectivity index (χ1) is 13.5. The van der Waals surface area contributed by atoms with E-state index in [0.717, 1.165) is 11.8 Å². The largest absolute Gasteiger partial charge is 0.492 e. The molecule has 0 unspecified atom stereocenters. The molecule has 3 rings (SSSR count). The van der Waals surface area contributed by atoms with Crippen molar-refractivity contribution in [3.05, 3.63) is 58.1 Å². The Morgan fingerprint density at radius 3 is 2.79 bits per heavy atom. The van der Waals surface area contributed by atoms with Gasteiger partial charge in [0.05, 0.1) is 22.8 Å². The van der Waals surface area contributed by atoms with Gasteiger partial charge in [0.2, 0.25) is 5.16 Å². The maximum absolute atomic E-state index is 12.9. The van der Waals surface area contributed by atoms with Crippen LogP contribution in [0.2, 0.25) is 0 Å². The molecule has 1 amide bonds. The number of tetrazole rings is 1. The van der Waals surface area contributed by atoms with Gasteiger partial charge in [-0.25, -0.2) is 4.68 Å². The third-order valence-electron chi connectivity index (χ3n) is 3.64. The zero-order chi connectivity index (χ0) is 20.1. The van der Waals surface area contributed by atoms with Gasteiger partial charge in [-0.15, -0.1) is 5.10 Å². The van der Waals surface area contributed by atoms with E-state index in [-0.39, 0.29) is 11.3 Å². The van der Waals surface area contributed by atoms with Crippen LogP contribution in [-0.4, -0.2) is 37.6 Å². The van der Waals surface area contributed by atoms with E-state index in [1.807, 2.05) is 6.92 Å². The third-order valence-corrected chi connectivity index (χ3v) is 4.74. The minimum absolute atomic E-state index is 0.133. The fourth-order valence-corrected chi connectivity index (χ4v) is 3.19. The number of aryl methyl sites for hydroxylation is 1. The number of anilines is 1. The highest BCUT2D eigenvalue weighted by atomic mass is 32.2. The SMILES string of the molecule is CCOc1ccccc1NC(=O)c1cc([N+](=O)[O-])ccc1Sc1nnnn1C. The van der Waals surface area contributed by atoms with E-state index < -0.39 is 10.8 Å². The Labute approximate surface area is 164 Å². The number of carbonyl (C=O) groups is 1. The number of nitro groups is 1. The zero-order valence-electron chi connectivity index (χ0n) is 15.0. The summed E-state index contributed by atoms with van der Waals surface area (Å²) in [5.74, 6) is 0.00367. The molecule has 0 radical (unpaired) electrons. The molecule has 0 saturated heterocycles. The average molecular weight is 400 g/mol. The summed E-state index contributed by atoms with van der Waals surface area (Å²) < 4.78 is 6.95. The number of nitrogens with one attached hydrogen (secondary N) is 1. The van der Waals surface area contributed by atoms with Gasteiger partial charge < -0.3 is 10.1 Å². The highest BCUT2D eigenvalue weighted by molar-refractivity contribution is 7.99. The molecule has 11 heteroatoms. The van der Waals surface area contributed by atoms with Crippen molar-refractivity contribution >= 4 is 29.0 Å². The molecule has 0 aliphatic carbocycles. The van der Waals surface area contributed by atoms with E-state index in [9.17, 15) is 14.9 Å². The molecular weight excluding hydrogens is 384 g/mol. The highest BCUT2D eigenvalue weighted by Gasteiger charge is 2.20. The van der Waals surface area contributed by atoms with Gasteiger partial charge >= 0.3 is 0 Å². The lowest BCUT2D eigenvalue weighted by Crippen LogP contribution is -2.14. The molecule has 28 heavy (non-hydrogen) atoms. The minimum atomic E-state index is -0.552. The summed E-state index contributed by atoms with van der Waals surface area (Å²) in [6.07, 6.45) is 0. The standard InChI is InChI=1S/C17H16N6O4S/c1-3-27-14-7-5-4-6-13(14)18-16(24)12-10-11(23(25)26)8-9-15(12)28-17-19-20-21-22(17)2/h4-10H,3H2,1-2H3,(H,18,24). The topological polar surface area (TPSA) is 125 Å². The van der Waals surface area contributed by atoms with Crippen molar-refractivity contribution in [1.29, 1.82) is 0 Å². The number of hydrogen-bond donors (Lipinski definition) is 1. The molecule has 144 valence electrons. The van der Waals surface area contributed by atoms with Crippen LogP contribution in [0.25, 0.3) is 0 Å². The Hall–Kier alpha value is -3.47. The lowest BCUT2D eigenvalue weighted by molar-refractivity contribution is -0.384. The van der Waals surface area contributed by atoms with Crippen molar-refractivity contribution in [2.24, 2.45) is 7.05 Å². The smallest absolute Gasteiger partial charge is 0.270 e. The maximum atomic E-state index is 12.9. The van der Waals surface area contributed by atoms with Gasteiger partial charge in [-0.2, -0.15) is 0 Å². The van der Waals surface area contributed by atoms with Crippen molar-refractivity contribution in [2.75, 3.05) is 11.9 Å². The second-order valence-corrected chi connectivity index (χ2v) is 6.52. The summed E-state index contributed by atoms with van der Waals surface area (Å²) in [6.45, 7) is 2.27. The van der Waals surface area contributed by atoms with E-state index >= 15 is 0 Å². The molecule has 1 N–H and O–H groups in total. The van der Waals surface area contributed by atoms with Crippen LogP contribution in [0.1, 0.15) is 17.3 Å². The Morgan fingerprint density at radius 1 is 1.32 bits per heavy atom. The first-order valence-electron chi connectivity index (χ1n) is 8.21. The zero-order valence-corrected chi connectivity index (χ0v) is 15.8. The first-order valence-corrected chi connectivity index (χ1v) is 9.03. The van der Waals surface area contributed by atoms with Crippen molar-refractivity contribution < 1.29 is 14.5 Å². The third kappa shape index (κ3) is 4.26. The molecule has 2 aromatic carbocycles. The number of rotatable bonds is 7. The number of hydrogen-bond acceptors (Lipinski definition) is 8. The van der Waals surface area contributed by atoms with Crippen LogP contribution in [0.3, 0.4) is 0 Å². The fraction of sp³-hybridized carbons (Fsp3) is 0.176. The Bertz CT molecular complexity index is 1020. The number of carbonyl (C=O) groups excluding carboxylic acids is 1. The van der Waals surface area contributed by atoms with Crippen molar-refractivity contribution in [1.82, 2.24) is 20.2 Å². The van der Waals surface area contributed by atoms with Gasteiger partial charge in [-0.05, 0) is 47.3 Å². The second kappa shape index (κ2) is 8.48. The minimum Gasteiger partial charge on any atom is -0.492 e. The number of aromatic nitrogens is 4. The predicted molar refractivity (Wildman–Crippen MR) is 102 cm³/mol. The van der Waals surface area contributed by atoms with E-state index in [0.29, 0.717) is 28.1 Å². The lowest BCUT2D eigenvalue weighted by Gasteiger charge is -2.13.